The second kappa shape index (κ2) is 7.43. The van der Waals surface area contributed by atoms with Crippen molar-refractivity contribution in [1.82, 2.24) is 25.8 Å². The Morgan fingerprint density at radius 1 is 1.14 bits per heavy atom. The van der Waals surface area contributed by atoms with Crippen molar-refractivity contribution in [3.8, 4) is 11.4 Å². The van der Waals surface area contributed by atoms with Gasteiger partial charge in [-0.1, -0.05) is 16.8 Å². The molecule has 13 heteroatoms. The first kappa shape index (κ1) is 21.9. The quantitative estimate of drug-likeness (QED) is 0.480. The van der Waals surface area contributed by atoms with Crippen LogP contribution in [0.5, 0.6) is 0 Å². The molecule has 2 N–H and O–H groups in total. The third kappa shape index (κ3) is 2.93. The zero-order chi connectivity index (χ0) is 24.6. The van der Waals surface area contributed by atoms with Crippen LogP contribution < -0.4 is 15.5 Å². The fraction of sp³-hybridized carbons (Fsp3) is 0.364. The SMILES string of the molecule is C[C@H]1CN2c3c(cc4c(-c5nccnc5Cl)noc4c3F)CC3(C(=O)NC(=O)NC3=O)[C@@H]2[C@@H](C)O1. The average Bonchev–Trinajstić information content (AvgIpc) is 3.21. The van der Waals surface area contributed by atoms with Gasteiger partial charge in [0, 0.05) is 25.4 Å². The number of nitrogens with one attached hydrogen (secondary N) is 2. The van der Waals surface area contributed by atoms with E-state index in [2.05, 4.69) is 25.8 Å². The van der Waals surface area contributed by atoms with Gasteiger partial charge < -0.3 is 14.2 Å². The van der Waals surface area contributed by atoms with E-state index in [1.807, 2.05) is 6.92 Å². The number of hydrogen-bond donors (Lipinski definition) is 2. The first-order chi connectivity index (χ1) is 16.7. The molecule has 1 spiro atoms. The number of morpholine rings is 1. The van der Waals surface area contributed by atoms with E-state index in [0.717, 1.165) is 0 Å². The zero-order valence-corrected chi connectivity index (χ0v) is 19.2. The Kier molecular flexibility index (Phi) is 4.64. The molecule has 3 aromatic rings. The summed E-state index contributed by atoms with van der Waals surface area (Å²) in [5.41, 5.74) is -0.912. The van der Waals surface area contributed by atoms with Crippen LogP contribution in [0.2, 0.25) is 5.15 Å². The molecule has 6 rings (SSSR count). The smallest absolute Gasteiger partial charge is 0.328 e. The number of barbiturate groups is 1. The summed E-state index contributed by atoms with van der Waals surface area (Å²) in [6.07, 6.45) is 1.69. The molecule has 0 bridgehead atoms. The molecular formula is C22H18ClFN6O5. The van der Waals surface area contributed by atoms with Crippen LogP contribution in [0.1, 0.15) is 19.4 Å². The van der Waals surface area contributed by atoms with Crippen molar-refractivity contribution in [1.29, 1.82) is 0 Å². The van der Waals surface area contributed by atoms with Gasteiger partial charge in [-0.25, -0.2) is 19.2 Å². The molecule has 3 aliphatic heterocycles. The van der Waals surface area contributed by atoms with Gasteiger partial charge >= 0.3 is 6.03 Å². The van der Waals surface area contributed by atoms with Gasteiger partial charge in [-0.05, 0) is 25.5 Å². The van der Waals surface area contributed by atoms with E-state index in [4.69, 9.17) is 20.9 Å². The molecule has 3 atom stereocenters. The molecule has 3 aliphatic rings. The first-order valence-electron chi connectivity index (χ1n) is 10.9. The number of benzene rings is 1. The lowest BCUT2D eigenvalue weighted by Crippen LogP contribution is -2.75. The Bertz CT molecular complexity index is 1420. The largest absolute Gasteiger partial charge is 0.372 e. The van der Waals surface area contributed by atoms with Crippen molar-refractivity contribution < 1.29 is 28.0 Å². The number of anilines is 1. The van der Waals surface area contributed by atoms with Gasteiger partial charge in [-0.3, -0.25) is 20.2 Å². The van der Waals surface area contributed by atoms with Gasteiger partial charge in [0.25, 0.3) is 0 Å². The summed E-state index contributed by atoms with van der Waals surface area (Å²) in [4.78, 5) is 48.3. The molecule has 2 fully saturated rings. The summed E-state index contributed by atoms with van der Waals surface area (Å²) >= 11 is 6.18. The van der Waals surface area contributed by atoms with Gasteiger partial charge in [-0.2, -0.15) is 0 Å². The van der Waals surface area contributed by atoms with Crippen LogP contribution in [0.15, 0.2) is 23.0 Å². The predicted octanol–water partition coefficient (Wildman–Crippen LogP) is 1.97. The number of nitrogens with zero attached hydrogens (tertiary/aromatic N) is 4. The standard InChI is InChI=1S/C22H18ClFN6O5/c1-8-7-30-15-10(6-22(17(30)9(2)34-8)19(31)27-21(33)28-20(22)32)5-11-13(29-35-16(11)12(15)24)14-18(23)26-4-3-25-14/h3-5,8-9,17H,6-7H2,1-2H3,(H2,27,28,31,32,33)/t8-,9+,17-/m0/s1. The zero-order valence-electron chi connectivity index (χ0n) is 18.5. The molecular weight excluding hydrogens is 483 g/mol. The van der Waals surface area contributed by atoms with Crippen LogP contribution in [-0.2, 0) is 20.7 Å². The highest BCUT2D eigenvalue weighted by Gasteiger charge is 2.63. The Balaban J connectivity index is 1.61. The molecule has 2 aromatic heterocycles. The number of ether oxygens (including phenoxy) is 1. The van der Waals surface area contributed by atoms with Gasteiger partial charge in [0.15, 0.2) is 16.4 Å². The molecule has 1 aromatic carbocycles. The Morgan fingerprint density at radius 2 is 1.86 bits per heavy atom. The number of hydrogen-bond acceptors (Lipinski definition) is 9. The van der Waals surface area contributed by atoms with Crippen molar-refractivity contribution in [2.45, 2.75) is 38.5 Å². The number of aromatic nitrogens is 3. The number of rotatable bonds is 1. The van der Waals surface area contributed by atoms with Crippen LogP contribution in [-0.4, -0.2) is 57.8 Å². The third-order valence-corrected chi connectivity index (χ3v) is 7.12. The molecule has 2 saturated heterocycles. The molecule has 0 radical (unpaired) electrons. The van der Waals surface area contributed by atoms with Crippen molar-refractivity contribution >= 4 is 46.1 Å². The fourth-order valence-electron chi connectivity index (χ4n) is 5.60. The molecule has 5 heterocycles. The minimum Gasteiger partial charge on any atom is -0.372 e. The maximum absolute atomic E-state index is 16.1. The normalized spacial score (nSPS) is 25.3. The predicted molar refractivity (Wildman–Crippen MR) is 119 cm³/mol. The van der Waals surface area contributed by atoms with Gasteiger partial charge in [0.2, 0.25) is 17.4 Å². The summed E-state index contributed by atoms with van der Waals surface area (Å²) in [6, 6.07) is -0.159. The highest BCUT2D eigenvalue weighted by atomic mass is 35.5. The summed E-state index contributed by atoms with van der Waals surface area (Å²) in [5, 5.41) is 8.71. The van der Waals surface area contributed by atoms with Gasteiger partial charge in [-0.15, -0.1) is 0 Å². The van der Waals surface area contributed by atoms with Gasteiger partial charge in [0.1, 0.15) is 11.4 Å². The molecule has 35 heavy (non-hydrogen) atoms. The van der Waals surface area contributed by atoms with E-state index >= 15 is 4.39 Å². The van der Waals surface area contributed by atoms with Crippen LogP contribution in [0.25, 0.3) is 22.4 Å². The highest BCUT2D eigenvalue weighted by Crippen LogP contribution is 2.49. The van der Waals surface area contributed by atoms with E-state index in [1.165, 1.54) is 12.4 Å². The summed E-state index contributed by atoms with van der Waals surface area (Å²) in [6.45, 7) is 3.74. The number of carbonyl (C=O) groups excluding carboxylic acids is 3. The first-order valence-corrected chi connectivity index (χ1v) is 11.3. The summed E-state index contributed by atoms with van der Waals surface area (Å²) < 4.78 is 27.4. The number of halogens is 2. The van der Waals surface area contributed by atoms with E-state index in [-0.39, 0.29) is 52.3 Å². The van der Waals surface area contributed by atoms with Crippen LogP contribution in [0, 0.1) is 11.2 Å². The van der Waals surface area contributed by atoms with Crippen LogP contribution in [0.4, 0.5) is 14.9 Å². The molecule has 11 nitrogen and oxygen atoms in total. The summed E-state index contributed by atoms with van der Waals surface area (Å²) in [7, 11) is 0. The minimum atomic E-state index is -1.73. The second-order valence-corrected chi connectivity index (χ2v) is 9.29. The van der Waals surface area contributed by atoms with Crippen molar-refractivity contribution in [3.63, 3.8) is 0 Å². The lowest BCUT2D eigenvalue weighted by atomic mass is 9.66. The molecule has 0 aliphatic carbocycles. The molecule has 0 unspecified atom stereocenters. The fourth-order valence-corrected chi connectivity index (χ4v) is 5.79. The number of fused-ring (bicyclic) bond motifs is 5. The maximum Gasteiger partial charge on any atom is 0.328 e. The van der Waals surface area contributed by atoms with Crippen molar-refractivity contribution in [2.75, 3.05) is 11.4 Å². The monoisotopic (exact) mass is 500 g/mol. The topological polar surface area (TPSA) is 140 Å². The maximum atomic E-state index is 16.1. The lowest BCUT2D eigenvalue weighted by Gasteiger charge is -2.55. The summed E-state index contributed by atoms with van der Waals surface area (Å²) in [5.74, 6) is -2.22. The number of carbonyl (C=O) groups is 3. The van der Waals surface area contributed by atoms with Crippen molar-refractivity contribution in [3.05, 3.63) is 35.0 Å². The highest BCUT2D eigenvalue weighted by molar-refractivity contribution is 6.32. The molecule has 4 amide bonds. The Morgan fingerprint density at radius 3 is 2.57 bits per heavy atom. The number of amides is 4. The van der Waals surface area contributed by atoms with Crippen molar-refractivity contribution in [2.24, 2.45) is 5.41 Å². The van der Waals surface area contributed by atoms with Gasteiger partial charge in [0.05, 0.1) is 29.3 Å². The lowest BCUT2D eigenvalue weighted by molar-refractivity contribution is -0.153. The minimum absolute atomic E-state index is 0.0535. The van der Waals surface area contributed by atoms with E-state index in [1.54, 1.807) is 17.9 Å². The Labute approximate surface area is 201 Å². The average molecular weight is 501 g/mol. The molecule has 0 saturated carbocycles. The molecule has 180 valence electrons. The Hall–Kier alpha value is -3.64. The van der Waals surface area contributed by atoms with E-state index in [0.29, 0.717) is 5.56 Å². The number of imide groups is 2. The van der Waals surface area contributed by atoms with Crippen LogP contribution >= 0.6 is 11.6 Å². The number of urea groups is 1. The van der Waals surface area contributed by atoms with E-state index in [9.17, 15) is 14.4 Å². The third-order valence-electron chi connectivity index (χ3n) is 6.84. The second-order valence-electron chi connectivity index (χ2n) is 8.94. The van der Waals surface area contributed by atoms with E-state index < -0.39 is 41.2 Å². The van der Waals surface area contributed by atoms with Crippen LogP contribution in [0.3, 0.4) is 0 Å².